The first-order valence-corrected chi connectivity index (χ1v) is 9.30. The predicted octanol–water partition coefficient (Wildman–Crippen LogP) is 3.81. The van der Waals surface area contributed by atoms with Crippen molar-refractivity contribution in [1.82, 2.24) is 14.8 Å². The number of halogens is 1. The lowest BCUT2D eigenvalue weighted by Crippen LogP contribution is -2.40. The van der Waals surface area contributed by atoms with E-state index in [1.54, 1.807) is 34.0 Å². The average molecular weight is 388 g/mol. The van der Waals surface area contributed by atoms with Crippen LogP contribution in [0, 0.1) is 5.82 Å². The monoisotopic (exact) mass is 388 g/mol. The third kappa shape index (κ3) is 3.20. The highest BCUT2D eigenvalue weighted by Gasteiger charge is 2.29. The summed E-state index contributed by atoms with van der Waals surface area (Å²) in [5.41, 5.74) is 2.19. The van der Waals surface area contributed by atoms with E-state index in [-0.39, 0.29) is 12.5 Å². The number of ether oxygens (including phenoxy) is 1. The average Bonchev–Trinajstić information content (AvgIpc) is 3.17. The van der Waals surface area contributed by atoms with E-state index in [1.807, 2.05) is 30.3 Å². The lowest BCUT2D eigenvalue weighted by Gasteiger charge is -2.28. The number of hydrogen-bond donors (Lipinski definition) is 0. The lowest BCUT2D eigenvalue weighted by molar-refractivity contribution is 0.0962. The third-order valence-electron chi connectivity index (χ3n) is 4.90. The molecule has 4 aromatic rings. The van der Waals surface area contributed by atoms with Crippen LogP contribution in [-0.2, 0) is 13.2 Å². The van der Waals surface area contributed by atoms with Gasteiger partial charge in [0, 0.05) is 18.1 Å². The van der Waals surface area contributed by atoms with Crippen molar-refractivity contribution in [3.63, 3.8) is 0 Å². The van der Waals surface area contributed by atoms with Crippen LogP contribution in [0.15, 0.2) is 66.9 Å². The first-order chi connectivity index (χ1) is 14.2. The minimum atomic E-state index is -0.399. The molecule has 6 nitrogen and oxygen atoms in total. The molecule has 0 N–H and O–H groups in total. The molecule has 0 unspecified atom stereocenters. The number of carbonyl (C=O) groups excluding carboxylic acids is 1. The standard InChI is InChI=1S/C22H17FN4O2/c23-16-11-15-5-4-8-24-21(15)19(12-16)26-9-10-27-20(22(26)28)13-17(25-27)14-29-18-6-2-1-3-7-18/h1-8,11-13H,9-10,14H2. The van der Waals surface area contributed by atoms with Crippen LogP contribution in [0.3, 0.4) is 0 Å². The Balaban J connectivity index is 1.44. The summed E-state index contributed by atoms with van der Waals surface area (Å²) in [6, 6.07) is 17.5. The van der Waals surface area contributed by atoms with Gasteiger partial charge in [-0.25, -0.2) is 4.39 Å². The van der Waals surface area contributed by atoms with Crippen molar-refractivity contribution in [2.75, 3.05) is 11.4 Å². The molecule has 3 heterocycles. The molecule has 0 saturated heterocycles. The minimum Gasteiger partial charge on any atom is -0.487 e. The van der Waals surface area contributed by atoms with Crippen molar-refractivity contribution >= 4 is 22.5 Å². The van der Waals surface area contributed by atoms with Crippen LogP contribution in [0.2, 0.25) is 0 Å². The van der Waals surface area contributed by atoms with Crippen LogP contribution in [0.4, 0.5) is 10.1 Å². The maximum absolute atomic E-state index is 14.1. The Morgan fingerprint density at radius 2 is 1.90 bits per heavy atom. The van der Waals surface area contributed by atoms with Gasteiger partial charge in [0.1, 0.15) is 29.6 Å². The topological polar surface area (TPSA) is 60.2 Å². The number of aromatic nitrogens is 3. The van der Waals surface area contributed by atoms with E-state index in [0.29, 0.717) is 41.1 Å². The van der Waals surface area contributed by atoms with Gasteiger partial charge in [0.2, 0.25) is 0 Å². The lowest BCUT2D eigenvalue weighted by atomic mass is 10.1. The van der Waals surface area contributed by atoms with Gasteiger partial charge in [0.05, 0.1) is 17.7 Å². The Bertz CT molecular complexity index is 1210. The molecule has 0 atom stereocenters. The Hall–Kier alpha value is -3.74. The maximum atomic E-state index is 14.1. The minimum absolute atomic E-state index is 0.229. The van der Waals surface area contributed by atoms with Gasteiger partial charge in [-0.1, -0.05) is 24.3 Å². The fourth-order valence-corrected chi connectivity index (χ4v) is 3.56. The highest BCUT2D eigenvalue weighted by Crippen LogP contribution is 2.29. The Morgan fingerprint density at radius 1 is 1.03 bits per heavy atom. The molecule has 0 spiro atoms. The van der Waals surface area contributed by atoms with Crippen LogP contribution in [0.5, 0.6) is 5.75 Å². The molecule has 0 saturated carbocycles. The van der Waals surface area contributed by atoms with Gasteiger partial charge in [-0.05, 0) is 36.4 Å². The largest absolute Gasteiger partial charge is 0.487 e. The number of hydrogen-bond acceptors (Lipinski definition) is 4. The van der Waals surface area contributed by atoms with Gasteiger partial charge in [0.15, 0.2) is 0 Å². The summed E-state index contributed by atoms with van der Waals surface area (Å²) in [6.07, 6.45) is 1.64. The first kappa shape index (κ1) is 17.4. The molecule has 1 amide bonds. The van der Waals surface area contributed by atoms with E-state index in [4.69, 9.17) is 4.74 Å². The molecule has 144 valence electrons. The van der Waals surface area contributed by atoms with E-state index < -0.39 is 5.82 Å². The van der Waals surface area contributed by atoms with Gasteiger partial charge in [-0.3, -0.25) is 14.5 Å². The van der Waals surface area contributed by atoms with Crippen molar-refractivity contribution < 1.29 is 13.9 Å². The number of fused-ring (bicyclic) bond motifs is 2. The summed E-state index contributed by atoms with van der Waals surface area (Å²) in [5.74, 6) is 0.111. The highest BCUT2D eigenvalue weighted by molar-refractivity contribution is 6.09. The van der Waals surface area contributed by atoms with Crippen molar-refractivity contribution in [2.24, 2.45) is 0 Å². The second-order valence-electron chi connectivity index (χ2n) is 6.80. The number of amides is 1. The third-order valence-corrected chi connectivity index (χ3v) is 4.90. The van der Waals surface area contributed by atoms with Gasteiger partial charge in [-0.15, -0.1) is 0 Å². The van der Waals surface area contributed by atoms with Crippen LogP contribution in [0.1, 0.15) is 16.2 Å². The summed E-state index contributed by atoms with van der Waals surface area (Å²) in [7, 11) is 0. The number of rotatable bonds is 4. The van der Waals surface area contributed by atoms with Gasteiger partial charge in [-0.2, -0.15) is 5.10 Å². The first-order valence-electron chi connectivity index (χ1n) is 9.30. The van der Waals surface area contributed by atoms with Crippen molar-refractivity contribution in [2.45, 2.75) is 13.2 Å². The zero-order valence-corrected chi connectivity index (χ0v) is 15.5. The summed E-state index contributed by atoms with van der Waals surface area (Å²) in [4.78, 5) is 19.1. The number of carbonyl (C=O) groups is 1. The van der Waals surface area contributed by atoms with Crippen molar-refractivity contribution in [1.29, 1.82) is 0 Å². The second-order valence-corrected chi connectivity index (χ2v) is 6.80. The van der Waals surface area contributed by atoms with E-state index in [2.05, 4.69) is 10.1 Å². The Labute approximate surface area is 166 Å². The fraction of sp³-hybridized carbons (Fsp3) is 0.136. The smallest absolute Gasteiger partial charge is 0.276 e. The van der Waals surface area contributed by atoms with Crippen LogP contribution < -0.4 is 9.64 Å². The zero-order valence-electron chi connectivity index (χ0n) is 15.5. The van der Waals surface area contributed by atoms with E-state index in [0.717, 1.165) is 5.75 Å². The molecule has 29 heavy (non-hydrogen) atoms. The van der Waals surface area contributed by atoms with Crippen LogP contribution >= 0.6 is 0 Å². The number of nitrogens with zero attached hydrogens (tertiary/aromatic N) is 4. The van der Waals surface area contributed by atoms with Gasteiger partial charge >= 0.3 is 0 Å². The highest BCUT2D eigenvalue weighted by atomic mass is 19.1. The molecule has 5 rings (SSSR count). The van der Waals surface area contributed by atoms with Crippen LogP contribution in [-0.4, -0.2) is 27.2 Å². The molecule has 2 aromatic carbocycles. The molecular weight excluding hydrogens is 371 g/mol. The number of anilines is 1. The van der Waals surface area contributed by atoms with E-state index in [9.17, 15) is 9.18 Å². The molecule has 1 aliphatic rings. The molecule has 0 bridgehead atoms. The second kappa shape index (κ2) is 7.01. The SMILES string of the molecule is O=C1c2cc(COc3ccccc3)nn2CCN1c1cc(F)cc2cccnc12. The summed E-state index contributed by atoms with van der Waals surface area (Å²) < 4.78 is 21.5. The van der Waals surface area contributed by atoms with E-state index >= 15 is 0 Å². The quantitative estimate of drug-likeness (QED) is 0.533. The fourth-order valence-electron chi connectivity index (χ4n) is 3.56. The molecule has 1 aliphatic heterocycles. The van der Waals surface area contributed by atoms with Crippen LogP contribution in [0.25, 0.3) is 10.9 Å². The molecule has 2 aromatic heterocycles. The number of benzene rings is 2. The predicted molar refractivity (Wildman–Crippen MR) is 106 cm³/mol. The van der Waals surface area contributed by atoms with Crippen molar-refractivity contribution in [3.05, 3.63) is 84.1 Å². The number of para-hydroxylation sites is 1. The molecule has 0 radical (unpaired) electrons. The Morgan fingerprint density at radius 3 is 2.76 bits per heavy atom. The Kier molecular flexibility index (Phi) is 4.20. The summed E-state index contributed by atoms with van der Waals surface area (Å²) >= 11 is 0. The summed E-state index contributed by atoms with van der Waals surface area (Å²) in [5, 5.41) is 5.14. The van der Waals surface area contributed by atoms with Gasteiger partial charge in [0.25, 0.3) is 5.91 Å². The molecule has 0 fully saturated rings. The zero-order chi connectivity index (χ0) is 19.8. The molecular formula is C22H17FN4O2. The van der Waals surface area contributed by atoms with Gasteiger partial charge < -0.3 is 9.64 Å². The molecule has 0 aliphatic carbocycles. The number of pyridine rings is 1. The maximum Gasteiger partial charge on any atom is 0.276 e. The normalized spacial score (nSPS) is 13.6. The molecule has 7 heteroatoms. The summed E-state index contributed by atoms with van der Waals surface area (Å²) in [6.45, 7) is 1.17. The van der Waals surface area contributed by atoms with E-state index in [1.165, 1.54) is 12.1 Å². The van der Waals surface area contributed by atoms with Crippen molar-refractivity contribution in [3.8, 4) is 5.75 Å².